The Morgan fingerprint density at radius 3 is 2.42 bits per heavy atom. The van der Waals surface area contributed by atoms with Gasteiger partial charge in [0.2, 0.25) is 0 Å². The van der Waals surface area contributed by atoms with Crippen LogP contribution in [-0.2, 0) is 13.1 Å². The molecule has 1 fully saturated rings. The van der Waals surface area contributed by atoms with Crippen molar-refractivity contribution in [3.63, 3.8) is 0 Å². The molecule has 0 unspecified atom stereocenters. The van der Waals surface area contributed by atoms with Gasteiger partial charge in [0.15, 0.2) is 0 Å². The van der Waals surface area contributed by atoms with Crippen LogP contribution in [0.2, 0.25) is 0 Å². The summed E-state index contributed by atoms with van der Waals surface area (Å²) in [4.78, 5) is 6.73. The maximum absolute atomic E-state index is 13.3. The highest BCUT2D eigenvalue weighted by molar-refractivity contribution is 5.17. The van der Waals surface area contributed by atoms with Crippen LogP contribution in [0.25, 0.3) is 0 Å². The summed E-state index contributed by atoms with van der Waals surface area (Å²) in [5.41, 5.74) is 0.711. The van der Waals surface area contributed by atoms with Crippen LogP contribution in [0.5, 0.6) is 0 Å². The lowest BCUT2D eigenvalue weighted by molar-refractivity contribution is 0.166. The fraction of sp³-hybridized carbons (Fsp3) is 0.526. The summed E-state index contributed by atoms with van der Waals surface area (Å²) in [6, 6.07) is 3.78. The highest BCUT2D eigenvalue weighted by atomic mass is 19.1. The molecule has 0 saturated carbocycles. The van der Waals surface area contributed by atoms with Gasteiger partial charge in [-0.05, 0) is 49.5 Å². The van der Waals surface area contributed by atoms with E-state index in [0.717, 1.165) is 44.4 Å². The SMILES string of the molecule is CC(C)c1nccn1CC1CCN(Cc2cc(F)cc(F)c2)CC1. The number of halogens is 2. The van der Waals surface area contributed by atoms with Crippen LogP contribution in [0.4, 0.5) is 8.78 Å². The van der Waals surface area contributed by atoms with E-state index < -0.39 is 11.6 Å². The van der Waals surface area contributed by atoms with Crippen LogP contribution in [-0.4, -0.2) is 27.5 Å². The number of aromatic nitrogens is 2. The Labute approximate surface area is 142 Å². The van der Waals surface area contributed by atoms with E-state index >= 15 is 0 Å². The van der Waals surface area contributed by atoms with E-state index in [0.29, 0.717) is 23.9 Å². The third kappa shape index (κ3) is 4.20. The average Bonchev–Trinajstić information content (AvgIpc) is 2.96. The molecule has 0 radical (unpaired) electrons. The van der Waals surface area contributed by atoms with Gasteiger partial charge in [0, 0.05) is 37.5 Å². The van der Waals surface area contributed by atoms with Crippen LogP contribution in [0.15, 0.2) is 30.6 Å². The minimum atomic E-state index is -0.499. The minimum Gasteiger partial charge on any atom is -0.334 e. The largest absolute Gasteiger partial charge is 0.334 e. The maximum Gasteiger partial charge on any atom is 0.126 e. The van der Waals surface area contributed by atoms with E-state index in [9.17, 15) is 8.78 Å². The summed E-state index contributed by atoms with van der Waals surface area (Å²) in [5.74, 6) is 1.22. The van der Waals surface area contributed by atoms with Gasteiger partial charge >= 0.3 is 0 Å². The molecule has 1 aromatic carbocycles. The van der Waals surface area contributed by atoms with E-state index in [2.05, 4.69) is 34.5 Å². The summed E-state index contributed by atoms with van der Waals surface area (Å²) < 4.78 is 28.9. The first-order valence-corrected chi connectivity index (χ1v) is 8.69. The molecule has 1 aromatic heterocycles. The highest BCUT2D eigenvalue weighted by Gasteiger charge is 2.21. The van der Waals surface area contributed by atoms with E-state index in [1.54, 1.807) is 0 Å². The zero-order chi connectivity index (χ0) is 17.1. The van der Waals surface area contributed by atoms with Gasteiger partial charge in [-0.15, -0.1) is 0 Å². The Bertz CT molecular complexity index is 653. The van der Waals surface area contributed by atoms with Crippen LogP contribution in [0.3, 0.4) is 0 Å². The van der Waals surface area contributed by atoms with Crippen LogP contribution < -0.4 is 0 Å². The van der Waals surface area contributed by atoms with Crippen molar-refractivity contribution in [3.05, 3.63) is 53.6 Å². The fourth-order valence-corrected chi connectivity index (χ4v) is 3.54. The van der Waals surface area contributed by atoms with Gasteiger partial charge < -0.3 is 4.57 Å². The number of imidazole rings is 1. The molecule has 0 N–H and O–H groups in total. The number of nitrogens with zero attached hydrogens (tertiary/aromatic N) is 3. The fourth-order valence-electron chi connectivity index (χ4n) is 3.54. The van der Waals surface area contributed by atoms with Crippen LogP contribution >= 0.6 is 0 Å². The van der Waals surface area contributed by atoms with Crippen molar-refractivity contribution in [2.45, 2.75) is 45.7 Å². The Balaban J connectivity index is 1.53. The number of hydrogen-bond donors (Lipinski definition) is 0. The Morgan fingerprint density at radius 2 is 1.79 bits per heavy atom. The number of rotatable bonds is 5. The van der Waals surface area contributed by atoms with Crippen molar-refractivity contribution in [2.24, 2.45) is 5.92 Å². The lowest BCUT2D eigenvalue weighted by Crippen LogP contribution is -2.34. The molecule has 24 heavy (non-hydrogen) atoms. The lowest BCUT2D eigenvalue weighted by Gasteiger charge is -2.32. The molecule has 2 aromatic rings. The molecule has 1 aliphatic heterocycles. The molecule has 3 nitrogen and oxygen atoms in total. The molecule has 1 aliphatic rings. The van der Waals surface area contributed by atoms with Gasteiger partial charge in [-0.1, -0.05) is 13.8 Å². The predicted octanol–water partition coefficient (Wildman–Crippen LogP) is 4.20. The molecular weight excluding hydrogens is 308 g/mol. The molecule has 0 spiro atoms. The van der Waals surface area contributed by atoms with Crippen LogP contribution in [0.1, 0.15) is 44.0 Å². The van der Waals surface area contributed by atoms with Crippen molar-refractivity contribution in [3.8, 4) is 0 Å². The monoisotopic (exact) mass is 333 g/mol. The Morgan fingerprint density at radius 1 is 1.12 bits per heavy atom. The van der Waals surface area contributed by atoms with Crippen molar-refractivity contribution in [2.75, 3.05) is 13.1 Å². The average molecular weight is 333 g/mol. The first kappa shape index (κ1) is 17.1. The topological polar surface area (TPSA) is 21.1 Å². The summed E-state index contributed by atoms with van der Waals surface area (Å²) in [5, 5.41) is 0. The van der Waals surface area contributed by atoms with Gasteiger partial charge in [0.1, 0.15) is 17.5 Å². The molecule has 0 aliphatic carbocycles. The normalized spacial score (nSPS) is 16.9. The molecular formula is C19H25F2N3. The van der Waals surface area contributed by atoms with E-state index in [4.69, 9.17) is 0 Å². The minimum absolute atomic E-state index is 0.433. The Hall–Kier alpha value is -1.75. The van der Waals surface area contributed by atoms with E-state index in [-0.39, 0.29) is 0 Å². The van der Waals surface area contributed by atoms with Gasteiger partial charge in [-0.3, -0.25) is 4.90 Å². The van der Waals surface area contributed by atoms with Gasteiger partial charge in [-0.2, -0.15) is 0 Å². The van der Waals surface area contributed by atoms with Gasteiger partial charge in [-0.25, -0.2) is 13.8 Å². The summed E-state index contributed by atoms with van der Waals surface area (Å²) in [6.07, 6.45) is 6.15. The highest BCUT2D eigenvalue weighted by Crippen LogP contribution is 2.23. The summed E-state index contributed by atoms with van der Waals surface area (Å²) >= 11 is 0. The molecule has 0 bridgehead atoms. The smallest absolute Gasteiger partial charge is 0.126 e. The van der Waals surface area contributed by atoms with Crippen molar-refractivity contribution in [1.82, 2.24) is 14.5 Å². The third-order valence-electron chi connectivity index (χ3n) is 4.75. The second-order valence-electron chi connectivity index (χ2n) is 7.09. The van der Waals surface area contributed by atoms with Gasteiger partial charge in [0.25, 0.3) is 0 Å². The molecule has 3 rings (SSSR count). The second kappa shape index (κ2) is 7.43. The molecule has 0 amide bonds. The van der Waals surface area contributed by atoms with E-state index in [1.165, 1.54) is 12.1 Å². The van der Waals surface area contributed by atoms with Crippen molar-refractivity contribution >= 4 is 0 Å². The molecule has 0 atom stereocenters. The summed E-state index contributed by atoms with van der Waals surface area (Å²) in [6.45, 7) is 7.89. The number of piperidine rings is 1. The van der Waals surface area contributed by atoms with Crippen molar-refractivity contribution < 1.29 is 8.78 Å². The van der Waals surface area contributed by atoms with Gasteiger partial charge in [0.05, 0.1) is 0 Å². The van der Waals surface area contributed by atoms with E-state index in [1.807, 2.05) is 6.20 Å². The maximum atomic E-state index is 13.3. The summed E-state index contributed by atoms with van der Waals surface area (Å²) in [7, 11) is 0. The van der Waals surface area contributed by atoms with Crippen molar-refractivity contribution in [1.29, 1.82) is 0 Å². The number of hydrogen-bond acceptors (Lipinski definition) is 2. The standard InChI is InChI=1S/C19H25F2N3/c1-14(2)19-22-5-8-24(19)13-15-3-6-23(7-4-15)12-16-9-17(20)11-18(21)10-16/h5,8-11,14-15H,3-4,6-7,12-13H2,1-2H3. The molecule has 130 valence electrons. The zero-order valence-corrected chi connectivity index (χ0v) is 14.4. The lowest BCUT2D eigenvalue weighted by atomic mass is 9.96. The molecule has 1 saturated heterocycles. The number of likely N-dealkylation sites (tertiary alicyclic amines) is 1. The Kier molecular flexibility index (Phi) is 5.29. The second-order valence-corrected chi connectivity index (χ2v) is 7.09. The quantitative estimate of drug-likeness (QED) is 0.818. The predicted molar refractivity (Wildman–Crippen MR) is 90.7 cm³/mol. The first-order chi connectivity index (χ1) is 11.5. The third-order valence-corrected chi connectivity index (χ3v) is 4.75. The zero-order valence-electron chi connectivity index (χ0n) is 14.4. The molecule has 5 heteroatoms. The first-order valence-electron chi connectivity index (χ1n) is 8.69. The number of benzene rings is 1. The van der Waals surface area contributed by atoms with Crippen LogP contribution in [0, 0.1) is 17.6 Å². The molecule has 2 heterocycles.